The van der Waals surface area contributed by atoms with Gasteiger partial charge in [0.1, 0.15) is 6.04 Å². The van der Waals surface area contributed by atoms with Crippen molar-refractivity contribution in [2.75, 3.05) is 32.7 Å². The normalized spacial score (nSPS) is 31.6. The molecule has 0 spiro atoms. The van der Waals surface area contributed by atoms with Crippen molar-refractivity contribution >= 4 is 12.0 Å². The van der Waals surface area contributed by atoms with Gasteiger partial charge in [-0.15, -0.1) is 0 Å². The summed E-state index contributed by atoms with van der Waals surface area (Å²) in [6.45, 7) is 3.15. The van der Waals surface area contributed by atoms with Crippen LogP contribution in [-0.4, -0.2) is 87.8 Å². The molecule has 0 aromatic heterocycles. The second-order valence-electron chi connectivity index (χ2n) is 5.93. The molecule has 2 heterocycles. The van der Waals surface area contributed by atoms with Crippen molar-refractivity contribution < 1.29 is 19.8 Å². The average Bonchev–Trinajstić information content (AvgIpc) is 3.20. The number of nitrogens with zero attached hydrogens (tertiary/aromatic N) is 3. The van der Waals surface area contributed by atoms with Crippen molar-refractivity contribution in [3.05, 3.63) is 0 Å². The van der Waals surface area contributed by atoms with Gasteiger partial charge in [0.15, 0.2) is 0 Å². The second-order valence-corrected chi connectivity index (χ2v) is 5.93. The highest BCUT2D eigenvalue weighted by molar-refractivity contribution is 5.83. The van der Waals surface area contributed by atoms with Gasteiger partial charge in [0.2, 0.25) is 0 Å². The third kappa shape index (κ3) is 2.60. The molecule has 3 rings (SSSR count). The lowest BCUT2D eigenvalue weighted by molar-refractivity contribution is -0.141. The molecule has 2 N–H and O–H groups in total. The smallest absolute Gasteiger partial charge is 0.326 e. The van der Waals surface area contributed by atoms with E-state index in [4.69, 9.17) is 5.11 Å². The Balaban J connectivity index is 1.59. The number of carboxylic acid groups (broad SMARTS) is 1. The van der Waals surface area contributed by atoms with E-state index in [9.17, 15) is 14.7 Å². The number of rotatable bonds is 2. The molecule has 3 fully saturated rings. The van der Waals surface area contributed by atoms with Crippen molar-refractivity contribution in [1.82, 2.24) is 14.7 Å². The number of carbonyl (C=O) groups excluding carboxylic acids is 1. The third-order valence-corrected chi connectivity index (χ3v) is 4.46. The van der Waals surface area contributed by atoms with Gasteiger partial charge in [0, 0.05) is 45.2 Å². The van der Waals surface area contributed by atoms with Crippen molar-refractivity contribution in [3.63, 3.8) is 0 Å². The Morgan fingerprint density at radius 1 is 1.05 bits per heavy atom. The monoisotopic (exact) mass is 283 g/mol. The molecule has 2 aliphatic heterocycles. The number of aliphatic hydroxyl groups is 1. The Morgan fingerprint density at radius 2 is 1.70 bits per heavy atom. The lowest BCUT2D eigenvalue weighted by atomic mass is 10.2. The third-order valence-electron chi connectivity index (χ3n) is 4.46. The topological polar surface area (TPSA) is 84.3 Å². The molecular weight excluding hydrogens is 262 g/mol. The van der Waals surface area contributed by atoms with Crippen LogP contribution in [0.25, 0.3) is 0 Å². The molecule has 2 amide bonds. The summed E-state index contributed by atoms with van der Waals surface area (Å²) in [6.07, 6.45) is 1.91. The Bertz CT molecular complexity index is 404. The van der Waals surface area contributed by atoms with Crippen molar-refractivity contribution in [3.8, 4) is 0 Å². The molecule has 0 radical (unpaired) electrons. The maximum absolute atomic E-state index is 12.4. The molecule has 3 aliphatic rings. The lowest BCUT2D eigenvalue weighted by Gasteiger charge is -2.37. The van der Waals surface area contributed by atoms with Crippen LogP contribution in [0.3, 0.4) is 0 Å². The van der Waals surface area contributed by atoms with Gasteiger partial charge in [-0.25, -0.2) is 9.59 Å². The first kappa shape index (κ1) is 13.6. The predicted molar refractivity (Wildman–Crippen MR) is 70.3 cm³/mol. The molecule has 1 aliphatic carbocycles. The summed E-state index contributed by atoms with van der Waals surface area (Å²) in [5, 5.41) is 18.7. The fourth-order valence-electron chi connectivity index (χ4n) is 3.16. The standard InChI is InChI=1S/C13H21N3O4/c17-10-7-11(12(18)19)16(8-10)13(20)15-5-3-14(4-6-15)9-1-2-9/h9-11,17H,1-8H2,(H,18,19). The fourth-order valence-corrected chi connectivity index (χ4v) is 3.16. The first-order valence-electron chi connectivity index (χ1n) is 7.26. The molecule has 0 aromatic carbocycles. The van der Waals surface area contributed by atoms with E-state index in [-0.39, 0.29) is 19.0 Å². The zero-order valence-corrected chi connectivity index (χ0v) is 11.4. The summed E-state index contributed by atoms with van der Waals surface area (Å²) < 4.78 is 0. The van der Waals surface area contributed by atoms with Gasteiger partial charge in [-0.2, -0.15) is 0 Å². The van der Waals surface area contributed by atoms with Gasteiger partial charge < -0.3 is 20.0 Å². The Morgan fingerprint density at radius 3 is 2.25 bits per heavy atom. The SMILES string of the molecule is O=C(O)C1CC(O)CN1C(=O)N1CCN(C2CC2)CC1. The second kappa shape index (κ2) is 5.21. The van der Waals surface area contributed by atoms with Crippen molar-refractivity contribution in [2.24, 2.45) is 0 Å². The van der Waals surface area contributed by atoms with E-state index in [2.05, 4.69) is 4.90 Å². The van der Waals surface area contributed by atoms with Crippen molar-refractivity contribution in [1.29, 1.82) is 0 Å². The number of aliphatic carboxylic acids is 1. The number of hydrogen-bond acceptors (Lipinski definition) is 4. The number of amides is 2. The van der Waals surface area contributed by atoms with Crippen LogP contribution in [0.4, 0.5) is 4.79 Å². The van der Waals surface area contributed by atoms with E-state index in [0.717, 1.165) is 13.1 Å². The number of urea groups is 1. The summed E-state index contributed by atoms with van der Waals surface area (Å²) in [7, 11) is 0. The number of hydrogen-bond donors (Lipinski definition) is 2. The minimum atomic E-state index is -1.04. The first-order chi connectivity index (χ1) is 9.56. The summed E-state index contributed by atoms with van der Waals surface area (Å²) in [4.78, 5) is 29.0. The number of carboxylic acids is 1. The number of likely N-dealkylation sites (tertiary alicyclic amines) is 1. The summed E-state index contributed by atoms with van der Waals surface area (Å²) >= 11 is 0. The number of β-amino-alcohol motifs (C(OH)–C–C–N with tert-alkyl or cyclic N) is 1. The zero-order chi connectivity index (χ0) is 14.3. The lowest BCUT2D eigenvalue weighted by Crippen LogP contribution is -2.55. The molecule has 2 unspecified atom stereocenters. The van der Waals surface area contributed by atoms with E-state index < -0.39 is 18.1 Å². The molecule has 0 bridgehead atoms. The molecule has 2 saturated heterocycles. The minimum absolute atomic E-state index is 0.124. The molecule has 2 atom stereocenters. The highest BCUT2D eigenvalue weighted by Gasteiger charge is 2.41. The summed E-state index contributed by atoms with van der Waals surface area (Å²) in [5.74, 6) is -1.04. The highest BCUT2D eigenvalue weighted by Crippen LogP contribution is 2.28. The van der Waals surface area contributed by atoms with E-state index in [1.165, 1.54) is 17.7 Å². The van der Waals surface area contributed by atoms with Gasteiger partial charge in [0.25, 0.3) is 0 Å². The number of carbonyl (C=O) groups is 2. The van der Waals surface area contributed by atoms with E-state index in [1.807, 2.05) is 0 Å². The van der Waals surface area contributed by atoms with Crippen LogP contribution in [0.1, 0.15) is 19.3 Å². The van der Waals surface area contributed by atoms with Crippen LogP contribution in [0.5, 0.6) is 0 Å². The summed E-state index contributed by atoms with van der Waals surface area (Å²) in [6, 6.07) is -0.434. The Hall–Kier alpha value is -1.34. The van der Waals surface area contributed by atoms with Gasteiger partial charge in [-0.05, 0) is 12.8 Å². The van der Waals surface area contributed by atoms with E-state index in [0.29, 0.717) is 19.1 Å². The van der Waals surface area contributed by atoms with E-state index in [1.54, 1.807) is 4.90 Å². The zero-order valence-electron chi connectivity index (χ0n) is 11.4. The quantitative estimate of drug-likeness (QED) is 0.707. The molecular formula is C13H21N3O4. The first-order valence-corrected chi connectivity index (χ1v) is 7.26. The number of piperazine rings is 1. The minimum Gasteiger partial charge on any atom is -0.480 e. The molecule has 7 heteroatoms. The van der Waals surface area contributed by atoms with Crippen LogP contribution < -0.4 is 0 Å². The average molecular weight is 283 g/mol. The number of aliphatic hydroxyl groups excluding tert-OH is 1. The van der Waals surface area contributed by atoms with Gasteiger partial charge in [-0.3, -0.25) is 4.90 Å². The van der Waals surface area contributed by atoms with Crippen LogP contribution in [0.15, 0.2) is 0 Å². The van der Waals surface area contributed by atoms with Crippen LogP contribution in [0, 0.1) is 0 Å². The maximum atomic E-state index is 12.4. The highest BCUT2D eigenvalue weighted by atomic mass is 16.4. The van der Waals surface area contributed by atoms with Crippen LogP contribution >= 0.6 is 0 Å². The van der Waals surface area contributed by atoms with E-state index >= 15 is 0 Å². The molecule has 1 saturated carbocycles. The Labute approximate surface area is 117 Å². The predicted octanol–water partition coefficient (Wildman–Crippen LogP) is -0.594. The van der Waals surface area contributed by atoms with Crippen LogP contribution in [-0.2, 0) is 4.79 Å². The molecule has 7 nitrogen and oxygen atoms in total. The fraction of sp³-hybridized carbons (Fsp3) is 0.846. The maximum Gasteiger partial charge on any atom is 0.326 e. The van der Waals surface area contributed by atoms with Gasteiger partial charge >= 0.3 is 12.0 Å². The van der Waals surface area contributed by atoms with Crippen molar-refractivity contribution in [2.45, 2.75) is 37.5 Å². The molecule has 0 aromatic rings. The largest absolute Gasteiger partial charge is 0.480 e. The summed E-state index contributed by atoms with van der Waals surface area (Å²) in [5.41, 5.74) is 0. The molecule has 112 valence electrons. The Kier molecular flexibility index (Phi) is 3.55. The molecule has 20 heavy (non-hydrogen) atoms. The van der Waals surface area contributed by atoms with Crippen LogP contribution in [0.2, 0.25) is 0 Å². The van der Waals surface area contributed by atoms with Gasteiger partial charge in [-0.1, -0.05) is 0 Å². The van der Waals surface area contributed by atoms with Gasteiger partial charge in [0.05, 0.1) is 6.10 Å².